The average Bonchev–Trinajstić information content (AvgIpc) is 2.28. The number of hydrogen-bond acceptors (Lipinski definition) is 5. The third kappa shape index (κ3) is 3.37. The van der Waals surface area contributed by atoms with Crippen LogP contribution < -0.4 is 16.8 Å². The predicted molar refractivity (Wildman–Crippen MR) is 78.8 cm³/mol. The molecule has 0 radical (unpaired) electrons. The minimum Gasteiger partial charge on any atom is -0.389 e. The lowest BCUT2D eigenvalue weighted by atomic mass is 10.0. The Morgan fingerprint density at radius 1 is 1.26 bits per heavy atom. The largest absolute Gasteiger partial charge is 0.389 e. The van der Waals surface area contributed by atoms with Crippen LogP contribution in [0.4, 0.5) is 5.82 Å². The second-order valence-corrected chi connectivity index (χ2v) is 5.21. The van der Waals surface area contributed by atoms with E-state index in [4.69, 9.17) is 23.7 Å². The Morgan fingerprint density at radius 2 is 1.84 bits per heavy atom. The zero-order valence-electron chi connectivity index (χ0n) is 11.5. The number of thiocarbonyl (C=S) groups is 1. The molecule has 0 aliphatic heterocycles. The van der Waals surface area contributed by atoms with Crippen molar-refractivity contribution in [2.45, 2.75) is 33.7 Å². The predicted octanol–water partition coefficient (Wildman–Crippen LogP) is 0.649. The third-order valence-electron chi connectivity index (χ3n) is 2.97. The molecule has 1 unspecified atom stereocenters. The van der Waals surface area contributed by atoms with E-state index in [0.717, 1.165) is 11.3 Å². The molecule has 1 aromatic rings. The summed E-state index contributed by atoms with van der Waals surface area (Å²) in [5.41, 5.74) is 13.3. The normalized spacial score (nSPS) is 12.3. The fourth-order valence-electron chi connectivity index (χ4n) is 1.72. The first kappa shape index (κ1) is 15.3. The maximum Gasteiger partial charge on any atom is 0.240 e. The summed E-state index contributed by atoms with van der Waals surface area (Å²) < 4.78 is 0. The molecule has 0 saturated carbocycles. The topological polar surface area (TPSA) is 107 Å². The van der Waals surface area contributed by atoms with Crippen molar-refractivity contribution in [3.63, 3.8) is 0 Å². The maximum atomic E-state index is 11.4. The van der Waals surface area contributed by atoms with Gasteiger partial charge in [-0.1, -0.05) is 26.1 Å². The molecule has 19 heavy (non-hydrogen) atoms. The third-order valence-corrected chi connectivity index (χ3v) is 3.17. The molecule has 0 spiro atoms. The Bertz CT molecular complexity index is 515. The van der Waals surface area contributed by atoms with Gasteiger partial charge in [0.2, 0.25) is 5.91 Å². The first-order chi connectivity index (χ1) is 8.75. The van der Waals surface area contributed by atoms with Crippen LogP contribution in [0.1, 0.15) is 30.7 Å². The second kappa shape index (κ2) is 5.92. The first-order valence-corrected chi connectivity index (χ1v) is 6.36. The highest BCUT2D eigenvalue weighted by molar-refractivity contribution is 7.80. The first-order valence-electron chi connectivity index (χ1n) is 5.95. The van der Waals surface area contributed by atoms with Crippen LogP contribution in [-0.4, -0.2) is 27.1 Å². The molecule has 6 nitrogen and oxygen atoms in total. The minimum absolute atomic E-state index is 0.0140. The summed E-state index contributed by atoms with van der Waals surface area (Å²) in [5.74, 6) is -0.0443. The Hall–Kier alpha value is -1.76. The second-order valence-electron chi connectivity index (χ2n) is 4.77. The summed E-state index contributed by atoms with van der Waals surface area (Å²) in [5, 5.41) is 11.0. The number of carbonyl (C=O) groups excluding carboxylic acids is 1. The van der Waals surface area contributed by atoms with Crippen molar-refractivity contribution in [3.8, 4) is 0 Å². The van der Waals surface area contributed by atoms with Crippen LogP contribution in [0.2, 0.25) is 0 Å². The molecule has 5 N–H and O–H groups in total. The van der Waals surface area contributed by atoms with Crippen molar-refractivity contribution >= 4 is 28.9 Å². The smallest absolute Gasteiger partial charge is 0.240 e. The van der Waals surface area contributed by atoms with Crippen molar-refractivity contribution in [2.24, 2.45) is 17.4 Å². The van der Waals surface area contributed by atoms with Crippen molar-refractivity contribution < 1.29 is 4.79 Å². The molecule has 104 valence electrons. The molecule has 7 heteroatoms. The Morgan fingerprint density at radius 3 is 2.26 bits per heavy atom. The lowest BCUT2D eigenvalue weighted by Crippen LogP contribution is -2.40. The van der Waals surface area contributed by atoms with Gasteiger partial charge in [0.15, 0.2) is 5.82 Å². The number of primary amides is 1. The lowest BCUT2D eigenvalue weighted by Gasteiger charge is -2.21. The van der Waals surface area contributed by atoms with E-state index in [1.165, 1.54) is 0 Å². The zero-order chi connectivity index (χ0) is 14.7. The molecule has 1 atom stereocenters. The molecular formula is C12H19N5OS. The summed E-state index contributed by atoms with van der Waals surface area (Å²) in [4.78, 5) is 11.6. The number of anilines is 1. The van der Waals surface area contributed by atoms with Gasteiger partial charge in [0.05, 0.1) is 11.3 Å². The van der Waals surface area contributed by atoms with Gasteiger partial charge in [-0.2, -0.15) is 5.10 Å². The summed E-state index contributed by atoms with van der Waals surface area (Å²) in [6, 6.07) is -0.551. The standard InChI is InChI=1S/C12H19N5OS/c1-5(2)9(10(13)18)15-12-8(11(14)19)6(3)7(4)16-17-12/h5,9H,1-4H3,(H2,13,18)(H2,14,19)(H,15,17). The number of aromatic nitrogens is 2. The number of amides is 1. The fourth-order valence-corrected chi connectivity index (χ4v) is 1.97. The van der Waals surface area contributed by atoms with Crippen molar-refractivity contribution in [3.05, 3.63) is 16.8 Å². The molecule has 1 rings (SSSR count). The van der Waals surface area contributed by atoms with E-state index in [1.807, 2.05) is 27.7 Å². The quantitative estimate of drug-likeness (QED) is 0.684. The van der Waals surface area contributed by atoms with Gasteiger partial charge >= 0.3 is 0 Å². The number of nitrogens with zero attached hydrogens (tertiary/aromatic N) is 2. The van der Waals surface area contributed by atoms with Crippen LogP contribution in [0.3, 0.4) is 0 Å². The number of aryl methyl sites for hydroxylation is 1. The highest BCUT2D eigenvalue weighted by Crippen LogP contribution is 2.20. The summed E-state index contributed by atoms with van der Waals surface area (Å²) in [7, 11) is 0. The minimum atomic E-state index is -0.551. The monoisotopic (exact) mass is 281 g/mol. The van der Waals surface area contributed by atoms with E-state index >= 15 is 0 Å². The van der Waals surface area contributed by atoms with E-state index < -0.39 is 11.9 Å². The van der Waals surface area contributed by atoms with Crippen LogP contribution in [0, 0.1) is 19.8 Å². The maximum absolute atomic E-state index is 11.4. The van der Waals surface area contributed by atoms with E-state index in [2.05, 4.69) is 15.5 Å². The Balaban J connectivity index is 3.24. The van der Waals surface area contributed by atoms with Crippen molar-refractivity contribution in [1.82, 2.24) is 10.2 Å². The van der Waals surface area contributed by atoms with Crippen LogP contribution in [-0.2, 0) is 4.79 Å². The molecule has 0 aromatic carbocycles. The number of nitrogens with one attached hydrogen (secondary N) is 1. The SMILES string of the molecule is Cc1nnc(NC(C(N)=O)C(C)C)c(C(N)=S)c1C. The van der Waals surface area contributed by atoms with Crippen LogP contribution in [0.15, 0.2) is 0 Å². The molecule has 0 saturated heterocycles. The van der Waals surface area contributed by atoms with E-state index in [0.29, 0.717) is 11.4 Å². The van der Waals surface area contributed by atoms with Gasteiger partial charge < -0.3 is 16.8 Å². The average molecular weight is 281 g/mol. The molecular weight excluding hydrogens is 262 g/mol. The molecule has 0 aliphatic rings. The van der Waals surface area contributed by atoms with Gasteiger partial charge in [-0.3, -0.25) is 4.79 Å². The van der Waals surface area contributed by atoms with Gasteiger partial charge in [0, 0.05) is 0 Å². The number of hydrogen-bond donors (Lipinski definition) is 3. The highest BCUT2D eigenvalue weighted by Gasteiger charge is 2.23. The van der Waals surface area contributed by atoms with Gasteiger partial charge in [-0.15, -0.1) is 5.10 Å². The van der Waals surface area contributed by atoms with E-state index in [-0.39, 0.29) is 10.9 Å². The number of carbonyl (C=O) groups is 1. The van der Waals surface area contributed by atoms with Gasteiger partial charge in [-0.25, -0.2) is 0 Å². The molecule has 0 aliphatic carbocycles. The lowest BCUT2D eigenvalue weighted by molar-refractivity contribution is -0.119. The molecule has 0 bridgehead atoms. The van der Waals surface area contributed by atoms with Crippen molar-refractivity contribution in [1.29, 1.82) is 0 Å². The number of nitrogens with two attached hydrogens (primary N) is 2. The molecule has 1 amide bonds. The summed E-state index contributed by atoms with van der Waals surface area (Å²) >= 11 is 5.03. The van der Waals surface area contributed by atoms with Gasteiger partial charge in [0.25, 0.3) is 0 Å². The fraction of sp³-hybridized carbons (Fsp3) is 0.500. The Kier molecular flexibility index (Phi) is 4.77. The van der Waals surface area contributed by atoms with Gasteiger partial charge in [-0.05, 0) is 25.3 Å². The van der Waals surface area contributed by atoms with Crippen LogP contribution in [0.25, 0.3) is 0 Å². The highest BCUT2D eigenvalue weighted by atomic mass is 32.1. The van der Waals surface area contributed by atoms with Crippen LogP contribution in [0.5, 0.6) is 0 Å². The molecule has 1 heterocycles. The molecule has 1 aromatic heterocycles. The van der Waals surface area contributed by atoms with E-state index in [1.54, 1.807) is 0 Å². The van der Waals surface area contributed by atoms with Crippen molar-refractivity contribution in [2.75, 3.05) is 5.32 Å². The Labute approximate surface area is 118 Å². The number of rotatable bonds is 5. The van der Waals surface area contributed by atoms with Crippen LogP contribution >= 0.6 is 12.2 Å². The molecule has 0 fully saturated rings. The summed E-state index contributed by atoms with van der Waals surface area (Å²) in [6.45, 7) is 7.45. The summed E-state index contributed by atoms with van der Waals surface area (Å²) in [6.07, 6.45) is 0. The van der Waals surface area contributed by atoms with Gasteiger partial charge in [0.1, 0.15) is 11.0 Å². The zero-order valence-corrected chi connectivity index (χ0v) is 12.3. The van der Waals surface area contributed by atoms with E-state index in [9.17, 15) is 4.79 Å².